The molecule has 0 amide bonds. The van der Waals surface area contributed by atoms with E-state index in [1.807, 2.05) is 0 Å². The van der Waals surface area contributed by atoms with Gasteiger partial charge in [-0.25, -0.2) is 0 Å². The molecule has 0 aliphatic rings. The Labute approximate surface area is 90.0 Å². The van der Waals surface area contributed by atoms with E-state index in [1.165, 1.54) is 18.2 Å². The molecule has 0 heterocycles. The van der Waals surface area contributed by atoms with E-state index in [0.717, 1.165) is 0 Å². The Balaban J connectivity index is 3.28. The molecule has 0 fully saturated rings. The predicted octanol–water partition coefficient (Wildman–Crippen LogP) is 1.81. The highest BCUT2D eigenvalue weighted by Crippen LogP contribution is 2.25. The van der Waals surface area contributed by atoms with Crippen LogP contribution >= 0.6 is 11.6 Å². The molecule has 1 aromatic rings. The first-order valence-electron chi connectivity index (χ1n) is 3.93. The van der Waals surface area contributed by atoms with Gasteiger partial charge < -0.3 is 9.66 Å². The maximum Gasteiger partial charge on any atom is 0.0841 e. The van der Waals surface area contributed by atoms with E-state index >= 15 is 0 Å². The molecule has 1 unspecified atom stereocenters. The highest BCUT2D eigenvalue weighted by atomic mass is 35.5. The maximum atomic E-state index is 10.7. The van der Waals surface area contributed by atoms with Gasteiger partial charge in [-0.05, 0) is 48.7 Å². The molecule has 78 valence electrons. The Morgan fingerprint density at radius 1 is 1.43 bits per heavy atom. The molecule has 0 radical (unpaired) electrons. The van der Waals surface area contributed by atoms with Gasteiger partial charge in [-0.1, -0.05) is 11.6 Å². The van der Waals surface area contributed by atoms with Gasteiger partial charge in [0.2, 0.25) is 0 Å². The van der Waals surface area contributed by atoms with Crippen molar-refractivity contribution in [2.75, 3.05) is 0 Å². The summed E-state index contributed by atoms with van der Waals surface area (Å²) in [5.74, 6) is 0. The summed E-state index contributed by atoms with van der Waals surface area (Å²) in [6, 6.07) is 4.27. The van der Waals surface area contributed by atoms with Crippen LogP contribution in [0.2, 0.25) is 5.02 Å². The Morgan fingerprint density at radius 2 is 2.00 bits per heavy atom. The summed E-state index contributed by atoms with van der Waals surface area (Å²) in [4.78, 5) is 0.0784. The zero-order chi connectivity index (χ0) is 10.9. The van der Waals surface area contributed by atoms with E-state index in [-0.39, 0.29) is 4.90 Å². The Morgan fingerprint density at radius 3 is 2.43 bits per heavy atom. The third-order valence-corrected chi connectivity index (χ3v) is 2.61. The molecule has 3 nitrogen and oxygen atoms in total. The van der Waals surface area contributed by atoms with Gasteiger partial charge in [0.1, 0.15) is 0 Å². The minimum absolute atomic E-state index is 0.0784. The highest BCUT2D eigenvalue weighted by Gasteiger charge is 2.17. The molecule has 1 aromatic carbocycles. The van der Waals surface area contributed by atoms with Crippen molar-refractivity contribution in [2.24, 2.45) is 0 Å². The predicted molar refractivity (Wildman–Crippen MR) is 53.9 cm³/mol. The van der Waals surface area contributed by atoms with E-state index in [1.54, 1.807) is 13.8 Å². The lowest BCUT2D eigenvalue weighted by Crippen LogP contribution is -2.15. The van der Waals surface area contributed by atoms with Crippen LogP contribution in [0, 0.1) is 0 Å². The minimum atomic E-state index is -2.33. The van der Waals surface area contributed by atoms with E-state index in [2.05, 4.69) is 0 Å². The quantitative estimate of drug-likeness (QED) is 0.793. The Hall–Kier alpha value is -0.420. The molecule has 5 heteroatoms. The van der Waals surface area contributed by atoms with E-state index < -0.39 is 16.7 Å². The van der Waals surface area contributed by atoms with Gasteiger partial charge in [-0.15, -0.1) is 0 Å². The number of halogens is 1. The molecule has 0 aliphatic carbocycles. The monoisotopic (exact) mass is 233 g/mol. The SMILES string of the molecule is CC(C)(O)c1cc(Cl)cc(S(=O)[O-])c1. The van der Waals surface area contributed by atoms with Crippen LogP contribution in [0.5, 0.6) is 0 Å². The van der Waals surface area contributed by atoms with Gasteiger partial charge in [0.15, 0.2) is 0 Å². The average molecular weight is 234 g/mol. The van der Waals surface area contributed by atoms with Gasteiger partial charge >= 0.3 is 0 Å². The van der Waals surface area contributed by atoms with Crippen LogP contribution in [0.3, 0.4) is 0 Å². The molecular formula is C9H10ClO3S-. The second kappa shape index (κ2) is 3.98. The van der Waals surface area contributed by atoms with Gasteiger partial charge in [0, 0.05) is 9.92 Å². The fourth-order valence-electron chi connectivity index (χ4n) is 1.01. The summed E-state index contributed by atoms with van der Waals surface area (Å²) < 4.78 is 21.4. The van der Waals surface area contributed by atoms with Crippen molar-refractivity contribution < 1.29 is 13.9 Å². The summed E-state index contributed by atoms with van der Waals surface area (Å²) in [5, 5.41) is 9.96. The first-order chi connectivity index (χ1) is 6.30. The van der Waals surface area contributed by atoms with Crippen LogP contribution in [-0.2, 0) is 16.7 Å². The van der Waals surface area contributed by atoms with Crippen molar-refractivity contribution in [2.45, 2.75) is 24.3 Å². The Bertz CT molecular complexity index is 371. The van der Waals surface area contributed by atoms with Crippen molar-refractivity contribution in [1.29, 1.82) is 0 Å². The van der Waals surface area contributed by atoms with Crippen LogP contribution in [0.15, 0.2) is 23.1 Å². The van der Waals surface area contributed by atoms with Crippen molar-refractivity contribution in [3.63, 3.8) is 0 Å². The third kappa shape index (κ3) is 2.78. The standard InChI is InChI=1S/C9H11ClO3S/c1-9(2,11)6-3-7(10)5-8(4-6)14(12)13/h3-5,11H,1-2H3,(H,12,13)/p-1. The zero-order valence-electron chi connectivity index (χ0n) is 7.78. The van der Waals surface area contributed by atoms with Crippen molar-refractivity contribution >= 4 is 22.7 Å². The lowest BCUT2D eigenvalue weighted by molar-refractivity contribution is 0.0784. The van der Waals surface area contributed by atoms with Gasteiger partial charge in [0.25, 0.3) is 0 Å². The zero-order valence-corrected chi connectivity index (χ0v) is 9.35. The number of rotatable bonds is 2. The van der Waals surface area contributed by atoms with Crippen LogP contribution < -0.4 is 0 Å². The number of hydrogen-bond donors (Lipinski definition) is 1. The molecule has 0 spiro atoms. The lowest BCUT2D eigenvalue weighted by atomic mass is 9.99. The molecule has 0 bridgehead atoms. The smallest absolute Gasteiger partial charge is 0.0841 e. The lowest BCUT2D eigenvalue weighted by Gasteiger charge is -2.19. The molecule has 1 N–H and O–H groups in total. The van der Waals surface area contributed by atoms with E-state index in [0.29, 0.717) is 10.6 Å². The molecule has 0 aromatic heterocycles. The summed E-state index contributed by atoms with van der Waals surface area (Å²) in [5.41, 5.74) is -0.622. The van der Waals surface area contributed by atoms with Crippen LogP contribution in [0.25, 0.3) is 0 Å². The maximum absolute atomic E-state index is 10.7. The summed E-state index contributed by atoms with van der Waals surface area (Å²) in [6.07, 6.45) is 0. The molecule has 0 saturated carbocycles. The van der Waals surface area contributed by atoms with Crippen molar-refractivity contribution in [3.05, 3.63) is 28.8 Å². The molecule has 0 aliphatic heterocycles. The first kappa shape index (κ1) is 11.7. The highest BCUT2D eigenvalue weighted by molar-refractivity contribution is 7.79. The van der Waals surface area contributed by atoms with Gasteiger partial charge in [-0.3, -0.25) is 4.21 Å². The first-order valence-corrected chi connectivity index (χ1v) is 5.38. The number of aliphatic hydroxyl groups is 1. The molecule has 14 heavy (non-hydrogen) atoms. The number of benzene rings is 1. The van der Waals surface area contributed by atoms with Crippen LogP contribution in [0.4, 0.5) is 0 Å². The van der Waals surface area contributed by atoms with Gasteiger partial charge in [-0.2, -0.15) is 0 Å². The van der Waals surface area contributed by atoms with Crippen LogP contribution in [-0.4, -0.2) is 13.9 Å². The second-order valence-electron chi connectivity index (χ2n) is 3.47. The fourth-order valence-corrected chi connectivity index (χ4v) is 1.76. The van der Waals surface area contributed by atoms with Gasteiger partial charge in [0.05, 0.1) is 5.60 Å². The van der Waals surface area contributed by atoms with Crippen LogP contribution in [0.1, 0.15) is 19.4 Å². The van der Waals surface area contributed by atoms with Crippen molar-refractivity contribution in [1.82, 2.24) is 0 Å². The Kier molecular flexibility index (Phi) is 3.32. The summed E-state index contributed by atoms with van der Waals surface area (Å²) in [7, 11) is 0. The summed E-state index contributed by atoms with van der Waals surface area (Å²) in [6.45, 7) is 3.13. The topological polar surface area (TPSA) is 60.4 Å². The summed E-state index contributed by atoms with van der Waals surface area (Å²) >= 11 is 3.39. The van der Waals surface area contributed by atoms with E-state index in [4.69, 9.17) is 11.6 Å². The van der Waals surface area contributed by atoms with E-state index in [9.17, 15) is 13.9 Å². The second-order valence-corrected chi connectivity index (χ2v) is 4.85. The number of hydrogen-bond acceptors (Lipinski definition) is 3. The molecular weight excluding hydrogens is 224 g/mol. The fraction of sp³-hybridized carbons (Fsp3) is 0.333. The largest absolute Gasteiger partial charge is 0.768 e. The molecule has 0 saturated heterocycles. The molecule has 1 rings (SSSR count). The third-order valence-electron chi connectivity index (χ3n) is 1.77. The molecule has 1 atom stereocenters. The van der Waals surface area contributed by atoms with Crippen molar-refractivity contribution in [3.8, 4) is 0 Å². The minimum Gasteiger partial charge on any atom is -0.768 e. The normalized spacial score (nSPS) is 14.1. The average Bonchev–Trinajstić information content (AvgIpc) is 2.01.